The molecule has 3 amide bonds. The third kappa shape index (κ3) is 6.71. The number of nitrogens with one attached hydrogen (secondary N) is 3. The number of urea groups is 1. The van der Waals surface area contributed by atoms with Crippen LogP contribution in [0, 0.1) is 0 Å². The van der Waals surface area contributed by atoms with Crippen LogP contribution in [0.25, 0.3) is 0 Å². The normalized spacial score (nSPS) is 10.8. The van der Waals surface area contributed by atoms with Crippen molar-refractivity contribution in [1.29, 1.82) is 0 Å². The molecule has 3 rings (SSSR count). The fourth-order valence-electron chi connectivity index (χ4n) is 2.87. The Kier molecular flexibility index (Phi) is 7.92. The molecule has 172 valence electrons. The maximum atomic E-state index is 12.7. The second-order valence-electron chi connectivity index (χ2n) is 6.89. The van der Waals surface area contributed by atoms with Gasteiger partial charge in [-0.25, -0.2) is 17.9 Å². The second kappa shape index (κ2) is 10.8. The van der Waals surface area contributed by atoms with Crippen molar-refractivity contribution in [1.82, 2.24) is 15.4 Å². The minimum atomic E-state index is -3.95. The van der Waals surface area contributed by atoms with Gasteiger partial charge in [-0.1, -0.05) is 41.9 Å². The Hall–Kier alpha value is -3.56. The van der Waals surface area contributed by atoms with Crippen molar-refractivity contribution in [3.63, 3.8) is 0 Å². The van der Waals surface area contributed by atoms with Gasteiger partial charge in [0.15, 0.2) is 0 Å². The summed E-state index contributed by atoms with van der Waals surface area (Å²) in [6.45, 7) is 0.304. The van der Waals surface area contributed by atoms with Crippen LogP contribution >= 0.6 is 11.6 Å². The molecule has 10 heteroatoms. The number of carbonyl (C=O) groups excluding carboxylic acids is 2. The molecule has 33 heavy (non-hydrogen) atoms. The lowest BCUT2D eigenvalue weighted by molar-refractivity contribution is 0.0952. The Morgan fingerprint density at radius 2 is 1.67 bits per heavy atom. The van der Waals surface area contributed by atoms with Crippen molar-refractivity contribution in [2.24, 2.45) is 0 Å². The van der Waals surface area contributed by atoms with Crippen molar-refractivity contribution in [3.05, 3.63) is 88.9 Å². The van der Waals surface area contributed by atoms with E-state index in [9.17, 15) is 18.0 Å². The predicted molar refractivity (Wildman–Crippen MR) is 125 cm³/mol. The fraction of sp³-hybridized carbons (Fsp3) is 0.130. The second-order valence-corrected chi connectivity index (χ2v) is 9.01. The molecule has 0 bridgehead atoms. The highest BCUT2D eigenvalue weighted by Crippen LogP contribution is 2.27. The minimum absolute atomic E-state index is 0.0412. The average Bonchev–Trinajstić information content (AvgIpc) is 2.81. The number of halogens is 1. The molecule has 0 atom stereocenters. The van der Waals surface area contributed by atoms with Crippen LogP contribution in [0.3, 0.4) is 0 Å². The van der Waals surface area contributed by atoms with E-state index in [0.717, 1.165) is 5.56 Å². The number of hydrogen-bond donors (Lipinski definition) is 3. The summed E-state index contributed by atoms with van der Waals surface area (Å²) in [6, 6.07) is 19.1. The largest absolute Gasteiger partial charge is 0.457 e. The summed E-state index contributed by atoms with van der Waals surface area (Å²) in [4.78, 5) is 24.0. The minimum Gasteiger partial charge on any atom is -0.457 e. The van der Waals surface area contributed by atoms with Crippen molar-refractivity contribution < 1.29 is 22.7 Å². The topological polar surface area (TPSA) is 114 Å². The summed E-state index contributed by atoms with van der Waals surface area (Å²) >= 11 is 6.07. The summed E-state index contributed by atoms with van der Waals surface area (Å²) in [6.07, 6.45) is 0.463. The fourth-order valence-corrected chi connectivity index (χ4v) is 4.00. The lowest BCUT2D eigenvalue weighted by Crippen LogP contribution is -2.37. The van der Waals surface area contributed by atoms with E-state index in [1.54, 1.807) is 36.4 Å². The van der Waals surface area contributed by atoms with Crippen LogP contribution in [0.1, 0.15) is 15.9 Å². The summed E-state index contributed by atoms with van der Waals surface area (Å²) < 4.78 is 31.9. The van der Waals surface area contributed by atoms with E-state index in [0.29, 0.717) is 35.1 Å². The van der Waals surface area contributed by atoms with Crippen molar-refractivity contribution in [3.8, 4) is 11.5 Å². The number of sulfonamides is 1. The zero-order valence-electron chi connectivity index (χ0n) is 17.7. The predicted octanol–water partition coefficient (Wildman–Crippen LogP) is 3.72. The van der Waals surface area contributed by atoms with E-state index in [-0.39, 0.29) is 10.8 Å². The van der Waals surface area contributed by atoms with Crippen LogP contribution < -0.4 is 20.1 Å². The lowest BCUT2D eigenvalue weighted by atomic mass is 10.1. The van der Waals surface area contributed by atoms with Gasteiger partial charge in [0.2, 0.25) is 0 Å². The molecule has 3 aromatic carbocycles. The van der Waals surface area contributed by atoms with Gasteiger partial charge in [-0.05, 0) is 54.4 Å². The number of amides is 3. The van der Waals surface area contributed by atoms with Gasteiger partial charge >= 0.3 is 6.03 Å². The first-order valence-electron chi connectivity index (χ1n) is 9.92. The molecule has 0 unspecified atom stereocenters. The molecule has 3 N–H and O–H groups in total. The molecule has 0 radical (unpaired) electrons. The number of benzene rings is 3. The van der Waals surface area contributed by atoms with Crippen molar-refractivity contribution >= 4 is 33.6 Å². The molecule has 0 saturated carbocycles. The quantitative estimate of drug-likeness (QED) is 0.448. The van der Waals surface area contributed by atoms with Crippen molar-refractivity contribution in [2.75, 3.05) is 13.6 Å². The van der Waals surface area contributed by atoms with Crippen LogP contribution in [0.4, 0.5) is 4.79 Å². The zero-order chi connectivity index (χ0) is 23.8. The summed E-state index contributed by atoms with van der Waals surface area (Å²) in [5.41, 5.74) is 1.11. The van der Waals surface area contributed by atoms with Gasteiger partial charge in [-0.15, -0.1) is 0 Å². The summed E-state index contributed by atoms with van der Waals surface area (Å²) in [5.74, 6) is 0.619. The first kappa shape index (κ1) is 24.1. The van der Waals surface area contributed by atoms with E-state index in [1.807, 2.05) is 22.9 Å². The van der Waals surface area contributed by atoms with Crippen LogP contribution in [0.15, 0.2) is 77.7 Å². The van der Waals surface area contributed by atoms with Crippen LogP contribution in [-0.2, 0) is 16.4 Å². The van der Waals surface area contributed by atoms with Gasteiger partial charge < -0.3 is 15.4 Å². The molecule has 0 aliphatic carbocycles. The number of carbonyl (C=O) groups is 2. The Morgan fingerprint density at radius 3 is 2.33 bits per heavy atom. The van der Waals surface area contributed by atoms with E-state index < -0.39 is 16.1 Å². The van der Waals surface area contributed by atoms with E-state index in [1.165, 1.54) is 25.2 Å². The first-order chi connectivity index (χ1) is 15.8. The average molecular weight is 488 g/mol. The molecule has 0 fully saturated rings. The smallest absolute Gasteiger partial charge is 0.328 e. The molecular formula is C23H22ClN3O5S. The molecular weight excluding hydrogens is 466 g/mol. The van der Waals surface area contributed by atoms with Crippen molar-refractivity contribution in [2.45, 2.75) is 11.3 Å². The standard InChI is InChI=1S/C23H22ClN3O5S/c1-25-23(29)27-33(30,31)19-10-7-16(8-11-19)13-14-26-22(28)20-15-17(24)9-12-21(20)32-18-5-3-2-4-6-18/h2-12,15H,13-14H2,1H3,(H,26,28)(H2,25,27,29). The summed E-state index contributed by atoms with van der Waals surface area (Å²) in [7, 11) is -2.63. The number of hydrogen-bond acceptors (Lipinski definition) is 5. The highest BCUT2D eigenvalue weighted by molar-refractivity contribution is 7.90. The maximum Gasteiger partial charge on any atom is 0.328 e. The van der Waals surface area contributed by atoms with Crippen LogP contribution in [0.5, 0.6) is 11.5 Å². The Balaban J connectivity index is 1.62. The first-order valence-corrected chi connectivity index (χ1v) is 11.8. The highest BCUT2D eigenvalue weighted by atomic mass is 35.5. The van der Waals surface area contributed by atoms with Gasteiger partial charge in [0.1, 0.15) is 11.5 Å². The zero-order valence-corrected chi connectivity index (χ0v) is 19.2. The molecule has 0 aromatic heterocycles. The van der Waals surface area contributed by atoms with E-state index in [4.69, 9.17) is 16.3 Å². The van der Waals surface area contributed by atoms with Gasteiger partial charge in [0.25, 0.3) is 15.9 Å². The Labute approximate surface area is 197 Å². The molecule has 0 aliphatic heterocycles. The monoisotopic (exact) mass is 487 g/mol. The van der Waals surface area contributed by atoms with Gasteiger partial charge in [0.05, 0.1) is 10.5 Å². The maximum absolute atomic E-state index is 12.7. The third-order valence-electron chi connectivity index (χ3n) is 4.54. The highest BCUT2D eigenvalue weighted by Gasteiger charge is 2.17. The van der Waals surface area contributed by atoms with Gasteiger partial charge in [0, 0.05) is 18.6 Å². The van der Waals surface area contributed by atoms with Crippen LogP contribution in [0.2, 0.25) is 5.02 Å². The molecule has 0 heterocycles. The van der Waals surface area contributed by atoms with E-state index in [2.05, 4.69) is 10.6 Å². The third-order valence-corrected chi connectivity index (χ3v) is 6.13. The summed E-state index contributed by atoms with van der Waals surface area (Å²) in [5, 5.41) is 5.41. The Bertz CT molecular complexity index is 1230. The van der Waals surface area contributed by atoms with Gasteiger partial charge in [-0.3, -0.25) is 4.79 Å². The molecule has 3 aromatic rings. The molecule has 0 aliphatic rings. The van der Waals surface area contributed by atoms with Crippen LogP contribution in [-0.4, -0.2) is 33.9 Å². The van der Waals surface area contributed by atoms with E-state index >= 15 is 0 Å². The molecule has 8 nitrogen and oxygen atoms in total. The number of para-hydroxylation sites is 1. The SMILES string of the molecule is CNC(=O)NS(=O)(=O)c1ccc(CCNC(=O)c2cc(Cl)ccc2Oc2ccccc2)cc1. The molecule has 0 spiro atoms. The van der Waals surface area contributed by atoms with Gasteiger partial charge in [-0.2, -0.15) is 0 Å². The number of rotatable bonds is 8. The molecule has 0 saturated heterocycles. The Morgan fingerprint density at radius 1 is 0.970 bits per heavy atom. The number of ether oxygens (including phenoxy) is 1. The lowest BCUT2D eigenvalue weighted by Gasteiger charge is -2.12.